The Hall–Kier alpha value is -1.77. The monoisotopic (exact) mass is 399 g/mol. The first kappa shape index (κ1) is 18.0. The number of halogens is 1. The molecule has 0 atom stereocenters. The van der Waals surface area contributed by atoms with Crippen molar-refractivity contribution in [3.05, 3.63) is 39.0 Å². The normalized spacial score (nSPS) is 15.2. The fraction of sp³-hybridized carbons (Fsp3) is 0.312. The van der Waals surface area contributed by atoms with E-state index in [2.05, 4.69) is 10.0 Å². The summed E-state index contributed by atoms with van der Waals surface area (Å²) in [5.41, 5.74) is 1.10. The zero-order valence-electron chi connectivity index (χ0n) is 13.8. The second-order valence-electron chi connectivity index (χ2n) is 5.82. The summed E-state index contributed by atoms with van der Waals surface area (Å²) in [6.45, 7) is 5.10. The molecule has 1 aromatic heterocycles. The Morgan fingerprint density at radius 2 is 2.04 bits per heavy atom. The summed E-state index contributed by atoms with van der Waals surface area (Å²) >= 11 is 7.76. The van der Waals surface area contributed by atoms with Crippen LogP contribution in [0, 0.1) is 13.8 Å². The highest BCUT2D eigenvalue weighted by molar-refractivity contribution is 7.93. The van der Waals surface area contributed by atoms with E-state index in [1.807, 2.05) is 11.8 Å². The molecule has 1 amide bonds. The summed E-state index contributed by atoms with van der Waals surface area (Å²) in [6, 6.07) is 6.60. The number of piperazine rings is 1. The number of aryl methyl sites for hydroxylation is 2. The molecule has 25 heavy (non-hydrogen) atoms. The Morgan fingerprint density at radius 1 is 1.28 bits per heavy atom. The Balaban J connectivity index is 1.83. The molecule has 2 N–H and O–H groups in total. The molecular weight excluding hydrogens is 382 g/mol. The molecule has 0 unspecified atom stereocenters. The van der Waals surface area contributed by atoms with Crippen LogP contribution in [0.1, 0.15) is 9.75 Å². The fourth-order valence-corrected chi connectivity index (χ4v) is 5.66. The van der Waals surface area contributed by atoms with Crippen molar-refractivity contribution in [3.8, 4) is 0 Å². The van der Waals surface area contributed by atoms with Gasteiger partial charge in [-0.25, -0.2) is 8.42 Å². The van der Waals surface area contributed by atoms with Gasteiger partial charge in [-0.05, 0) is 38.1 Å². The van der Waals surface area contributed by atoms with E-state index in [1.165, 1.54) is 11.3 Å². The van der Waals surface area contributed by atoms with Gasteiger partial charge in [0.2, 0.25) is 5.91 Å². The van der Waals surface area contributed by atoms with Gasteiger partial charge in [-0.2, -0.15) is 0 Å². The Bertz CT molecular complexity index is 925. The minimum Gasteiger partial charge on any atom is -0.359 e. The van der Waals surface area contributed by atoms with Crippen LogP contribution in [-0.4, -0.2) is 34.0 Å². The van der Waals surface area contributed by atoms with Crippen molar-refractivity contribution in [1.82, 2.24) is 5.32 Å². The van der Waals surface area contributed by atoms with Gasteiger partial charge in [0.25, 0.3) is 10.0 Å². The maximum absolute atomic E-state index is 12.6. The Labute approximate surface area is 155 Å². The average Bonchev–Trinajstić information content (AvgIpc) is 2.86. The first-order valence-corrected chi connectivity index (χ1v) is 10.3. The summed E-state index contributed by atoms with van der Waals surface area (Å²) in [4.78, 5) is 15.3. The molecule has 1 aliphatic rings. The molecule has 1 aliphatic heterocycles. The lowest BCUT2D eigenvalue weighted by Crippen LogP contribution is -2.47. The number of hydrogen-bond acceptors (Lipinski definition) is 5. The van der Waals surface area contributed by atoms with E-state index in [0.29, 0.717) is 29.5 Å². The van der Waals surface area contributed by atoms with Crippen LogP contribution < -0.4 is 14.9 Å². The number of anilines is 2. The molecule has 2 aromatic rings. The minimum absolute atomic E-state index is 0.0598. The van der Waals surface area contributed by atoms with Crippen molar-refractivity contribution in [3.63, 3.8) is 0 Å². The number of nitrogens with one attached hydrogen (secondary N) is 2. The van der Waals surface area contributed by atoms with Crippen molar-refractivity contribution >= 4 is 50.2 Å². The first-order valence-electron chi connectivity index (χ1n) is 7.67. The van der Waals surface area contributed by atoms with Crippen LogP contribution in [0.15, 0.2) is 29.2 Å². The summed E-state index contributed by atoms with van der Waals surface area (Å²) in [6.07, 6.45) is 0. The van der Waals surface area contributed by atoms with Gasteiger partial charge in [0.15, 0.2) is 0 Å². The molecule has 9 heteroatoms. The van der Waals surface area contributed by atoms with Gasteiger partial charge in [0, 0.05) is 22.8 Å². The van der Waals surface area contributed by atoms with Crippen molar-refractivity contribution in [2.75, 3.05) is 29.3 Å². The van der Waals surface area contributed by atoms with Gasteiger partial charge in [-0.1, -0.05) is 11.6 Å². The van der Waals surface area contributed by atoms with Crippen LogP contribution in [0.5, 0.6) is 0 Å². The molecule has 6 nitrogen and oxygen atoms in total. The van der Waals surface area contributed by atoms with Crippen LogP contribution >= 0.6 is 22.9 Å². The van der Waals surface area contributed by atoms with E-state index in [-0.39, 0.29) is 17.3 Å². The van der Waals surface area contributed by atoms with E-state index >= 15 is 0 Å². The SMILES string of the molecule is Cc1cc(S(=O)(=O)Nc2ccc(N3CCNC(=O)C3)c(Cl)c2)c(C)s1. The second-order valence-corrected chi connectivity index (χ2v) is 9.34. The maximum Gasteiger partial charge on any atom is 0.262 e. The van der Waals surface area contributed by atoms with Gasteiger partial charge in [-0.3, -0.25) is 9.52 Å². The van der Waals surface area contributed by atoms with Gasteiger partial charge in [0.1, 0.15) is 4.90 Å². The van der Waals surface area contributed by atoms with E-state index < -0.39 is 10.0 Å². The van der Waals surface area contributed by atoms with E-state index in [0.717, 1.165) is 9.75 Å². The van der Waals surface area contributed by atoms with Crippen molar-refractivity contribution in [2.24, 2.45) is 0 Å². The topological polar surface area (TPSA) is 78.5 Å². The maximum atomic E-state index is 12.6. The molecule has 1 fully saturated rings. The molecule has 0 spiro atoms. The zero-order chi connectivity index (χ0) is 18.2. The van der Waals surface area contributed by atoms with Crippen molar-refractivity contribution in [2.45, 2.75) is 18.7 Å². The summed E-state index contributed by atoms with van der Waals surface area (Å²) in [5.74, 6) is -0.0598. The average molecular weight is 400 g/mol. The van der Waals surface area contributed by atoms with Crippen LogP contribution in [0.4, 0.5) is 11.4 Å². The predicted molar refractivity (Wildman–Crippen MR) is 101 cm³/mol. The van der Waals surface area contributed by atoms with Crippen LogP contribution in [-0.2, 0) is 14.8 Å². The molecule has 0 radical (unpaired) electrons. The van der Waals surface area contributed by atoms with Crippen molar-refractivity contribution < 1.29 is 13.2 Å². The smallest absolute Gasteiger partial charge is 0.262 e. The highest BCUT2D eigenvalue weighted by atomic mass is 35.5. The minimum atomic E-state index is -3.66. The van der Waals surface area contributed by atoms with E-state index in [4.69, 9.17) is 11.6 Å². The highest BCUT2D eigenvalue weighted by Crippen LogP contribution is 2.31. The van der Waals surface area contributed by atoms with Gasteiger partial charge in [0.05, 0.1) is 22.9 Å². The number of hydrogen-bond donors (Lipinski definition) is 2. The number of sulfonamides is 1. The number of nitrogens with zero attached hydrogens (tertiary/aromatic N) is 1. The van der Waals surface area contributed by atoms with E-state index in [1.54, 1.807) is 31.2 Å². The standard InChI is InChI=1S/C16H18ClN3O3S2/c1-10-7-15(11(2)24-10)25(22,23)19-12-3-4-14(13(17)8-12)20-6-5-18-16(21)9-20/h3-4,7-8,19H,5-6,9H2,1-2H3,(H,18,21). The molecule has 0 saturated carbocycles. The predicted octanol–water partition coefficient (Wildman–Crippen LogP) is 2.76. The first-order chi connectivity index (χ1) is 11.8. The molecule has 1 saturated heterocycles. The molecule has 0 bridgehead atoms. The molecule has 0 aliphatic carbocycles. The number of benzene rings is 1. The fourth-order valence-electron chi connectivity index (χ4n) is 2.76. The largest absolute Gasteiger partial charge is 0.359 e. The molecule has 2 heterocycles. The third-order valence-corrected chi connectivity index (χ3v) is 6.77. The molecule has 3 rings (SSSR count). The van der Waals surface area contributed by atoms with Crippen LogP contribution in [0.25, 0.3) is 0 Å². The summed E-state index contributed by atoms with van der Waals surface area (Å²) in [5, 5.41) is 3.15. The van der Waals surface area contributed by atoms with Crippen molar-refractivity contribution in [1.29, 1.82) is 0 Å². The second kappa shape index (κ2) is 6.86. The molecule has 1 aromatic carbocycles. The van der Waals surface area contributed by atoms with Crippen LogP contribution in [0.2, 0.25) is 5.02 Å². The number of rotatable bonds is 4. The lowest BCUT2D eigenvalue weighted by Gasteiger charge is -2.29. The quantitative estimate of drug-likeness (QED) is 0.828. The summed E-state index contributed by atoms with van der Waals surface area (Å²) < 4.78 is 27.7. The van der Waals surface area contributed by atoms with Gasteiger partial charge in [-0.15, -0.1) is 11.3 Å². The lowest BCUT2D eigenvalue weighted by molar-refractivity contribution is -0.120. The van der Waals surface area contributed by atoms with Crippen LogP contribution in [0.3, 0.4) is 0 Å². The Morgan fingerprint density at radius 3 is 2.64 bits per heavy atom. The number of carbonyl (C=O) groups excluding carboxylic acids is 1. The molecular formula is C16H18ClN3O3S2. The van der Waals surface area contributed by atoms with Gasteiger partial charge < -0.3 is 10.2 Å². The lowest BCUT2D eigenvalue weighted by atomic mass is 10.2. The van der Waals surface area contributed by atoms with E-state index in [9.17, 15) is 13.2 Å². The number of thiophene rings is 1. The zero-order valence-corrected chi connectivity index (χ0v) is 16.2. The Kier molecular flexibility index (Phi) is 4.95. The summed E-state index contributed by atoms with van der Waals surface area (Å²) in [7, 11) is -3.66. The molecule has 134 valence electrons. The number of amides is 1. The third-order valence-electron chi connectivity index (χ3n) is 3.86. The van der Waals surface area contributed by atoms with Gasteiger partial charge >= 0.3 is 0 Å². The highest BCUT2D eigenvalue weighted by Gasteiger charge is 2.21. The third kappa shape index (κ3) is 3.91. The number of carbonyl (C=O) groups is 1.